The number of carbonyl (C=O) groups excluding carboxylic acids is 1. The summed E-state index contributed by atoms with van der Waals surface area (Å²) in [5, 5.41) is 0. The predicted octanol–water partition coefficient (Wildman–Crippen LogP) is 3.36. The second kappa shape index (κ2) is 6.98. The minimum absolute atomic E-state index is 0.138. The average Bonchev–Trinajstić information content (AvgIpc) is 2.92. The molecule has 5 heteroatoms. The van der Waals surface area contributed by atoms with Crippen LogP contribution in [0.2, 0.25) is 0 Å². The maximum absolute atomic E-state index is 13.2. The van der Waals surface area contributed by atoms with Crippen LogP contribution in [0, 0.1) is 0 Å². The molecule has 0 spiro atoms. The first kappa shape index (κ1) is 16.9. The molecule has 1 aromatic heterocycles. The number of hydrogen-bond acceptors (Lipinski definition) is 4. The van der Waals surface area contributed by atoms with Crippen LogP contribution in [-0.4, -0.2) is 48.1 Å². The summed E-state index contributed by atoms with van der Waals surface area (Å²) in [5.74, 6) is 0.827. The van der Waals surface area contributed by atoms with Crippen LogP contribution in [0.3, 0.4) is 0 Å². The molecule has 2 aromatic rings. The fourth-order valence-corrected chi connectivity index (χ4v) is 4.21. The Morgan fingerprint density at radius 1 is 1.12 bits per heavy atom. The zero-order valence-electron chi connectivity index (χ0n) is 15.3. The quantitative estimate of drug-likeness (QED) is 0.847. The Bertz CT molecular complexity index is 764. The lowest BCUT2D eigenvalue weighted by atomic mass is 9.98. The van der Waals surface area contributed by atoms with E-state index in [4.69, 9.17) is 4.74 Å². The van der Waals surface area contributed by atoms with Gasteiger partial charge in [-0.3, -0.25) is 4.79 Å². The van der Waals surface area contributed by atoms with Crippen molar-refractivity contribution in [1.29, 1.82) is 0 Å². The highest BCUT2D eigenvalue weighted by molar-refractivity contribution is 5.95. The second-order valence-electron chi connectivity index (χ2n) is 7.42. The minimum Gasteiger partial charge on any atom is -0.474 e. The molecule has 4 rings (SSSR count). The van der Waals surface area contributed by atoms with E-state index in [9.17, 15) is 4.79 Å². The number of rotatable bonds is 4. The third-order valence-corrected chi connectivity index (χ3v) is 5.46. The van der Waals surface area contributed by atoms with Gasteiger partial charge in [-0.2, -0.15) is 0 Å². The van der Waals surface area contributed by atoms with Crippen LogP contribution in [0.4, 0.5) is 5.69 Å². The molecule has 5 nitrogen and oxygen atoms in total. The maximum atomic E-state index is 13.2. The third-order valence-electron chi connectivity index (χ3n) is 5.46. The number of fused-ring (bicyclic) bond motifs is 2. The van der Waals surface area contributed by atoms with Crippen LogP contribution in [0.15, 0.2) is 48.7 Å². The summed E-state index contributed by atoms with van der Waals surface area (Å²) >= 11 is 0. The van der Waals surface area contributed by atoms with Crippen LogP contribution in [0.1, 0.15) is 36.0 Å². The van der Waals surface area contributed by atoms with Crippen molar-refractivity contribution in [3.05, 3.63) is 54.2 Å². The van der Waals surface area contributed by atoms with E-state index in [0.717, 1.165) is 36.9 Å². The van der Waals surface area contributed by atoms with E-state index in [-0.39, 0.29) is 24.1 Å². The standard InChI is InChI=1S/C21H25N3O2/c1-23(2)16-7-5-6-15(12-16)21(25)24-17-9-10-18(24)14-19(13-17)26-20-8-3-4-11-22-20/h3-8,11-12,17-19H,9-10,13-14H2,1-2H3. The molecule has 136 valence electrons. The maximum Gasteiger partial charge on any atom is 0.254 e. The van der Waals surface area contributed by atoms with Crippen molar-refractivity contribution in [2.45, 2.75) is 43.9 Å². The number of ether oxygens (including phenoxy) is 1. The van der Waals surface area contributed by atoms with Gasteiger partial charge in [0.2, 0.25) is 5.88 Å². The Morgan fingerprint density at radius 2 is 1.88 bits per heavy atom. The summed E-state index contributed by atoms with van der Waals surface area (Å²) in [7, 11) is 3.99. The predicted molar refractivity (Wildman–Crippen MR) is 102 cm³/mol. The molecular weight excluding hydrogens is 326 g/mol. The lowest BCUT2D eigenvalue weighted by Crippen LogP contribution is -2.49. The first-order valence-corrected chi connectivity index (χ1v) is 9.29. The molecule has 0 radical (unpaired) electrons. The first-order chi connectivity index (χ1) is 12.6. The Kier molecular flexibility index (Phi) is 4.53. The highest BCUT2D eigenvalue weighted by atomic mass is 16.5. The lowest BCUT2D eigenvalue weighted by molar-refractivity contribution is 0.0348. The van der Waals surface area contributed by atoms with Gasteiger partial charge in [0.1, 0.15) is 6.10 Å². The van der Waals surface area contributed by atoms with Gasteiger partial charge in [-0.1, -0.05) is 12.1 Å². The molecule has 3 heterocycles. The zero-order chi connectivity index (χ0) is 18.1. The van der Waals surface area contributed by atoms with Gasteiger partial charge >= 0.3 is 0 Å². The highest BCUT2D eigenvalue weighted by Gasteiger charge is 2.44. The number of aromatic nitrogens is 1. The Morgan fingerprint density at radius 3 is 2.54 bits per heavy atom. The molecule has 2 aliphatic rings. The Balaban J connectivity index is 1.48. The van der Waals surface area contributed by atoms with Crippen molar-refractivity contribution in [2.24, 2.45) is 0 Å². The van der Waals surface area contributed by atoms with Gasteiger partial charge in [0.25, 0.3) is 5.91 Å². The van der Waals surface area contributed by atoms with Crippen molar-refractivity contribution in [3.8, 4) is 5.88 Å². The summed E-state index contributed by atoms with van der Waals surface area (Å²) in [5.41, 5.74) is 1.83. The number of piperidine rings is 1. The fourth-order valence-electron chi connectivity index (χ4n) is 4.21. The van der Waals surface area contributed by atoms with E-state index in [1.165, 1.54) is 0 Å². The summed E-state index contributed by atoms with van der Waals surface area (Å²) in [4.78, 5) is 21.5. The van der Waals surface area contributed by atoms with E-state index in [0.29, 0.717) is 5.88 Å². The van der Waals surface area contributed by atoms with Crippen LogP contribution in [0.25, 0.3) is 0 Å². The molecule has 2 saturated heterocycles. The first-order valence-electron chi connectivity index (χ1n) is 9.29. The molecule has 2 fully saturated rings. The number of nitrogens with zero attached hydrogens (tertiary/aromatic N) is 3. The summed E-state index contributed by atoms with van der Waals surface area (Å²) in [6.07, 6.45) is 5.77. The van der Waals surface area contributed by atoms with E-state index in [1.807, 2.05) is 61.5 Å². The van der Waals surface area contributed by atoms with Crippen molar-refractivity contribution in [2.75, 3.05) is 19.0 Å². The van der Waals surface area contributed by atoms with Crippen molar-refractivity contribution in [1.82, 2.24) is 9.88 Å². The summed E-state index contributed by atoms with van der Waals surface area (Å²) < 4.78 is 6.06. The van der Waals surface area contributed by atoms with Gasteiger partial charge in [0.05, 0.1) is 0 Å². The molecule has 1 aromatic carbocycles. The fraction of sp³-hybridized carbons (Fsp3) is 0.429. The lowest BCUT2D eigenvalue weighted by Gasteiger charge is -2.38. The molecule has 2 aliphatic heterocycles. The molecule has 2 bridgehead atoms. The van der Waals surface area contributed by atoms with Crippen molar-refractivity contribution >= 4 is 11.6 Å². The van der Waals surface area contributed by atoms with E-state index >= 15 is 0 Å². The van der Waals surface area contributed by atoms with Gasteiger partial charge < -0.3 is 14.5 Å². The van der Waals surface area contributed by atoms with Gasteiger partial charge in [-0.05, 0) is 37.1 Å². The van der Waals surface area contributed by atoms with E-state index in [2.05, 4.69) is 9.88 Å². The zero-order valence-corrected chi connectivity index (χ0v) is 15.3. The van der Waals surface area contributed by atoms with Crippen molar-refractivity contribution < 1.29 is 9.53 Å². The summed E-state index contributed by atoms with van der Waals surface area (Å²) in [6.45, 7) is 0. The molecule has 2 unspecified atom stereocenters. The molecule has 1 amide bonds. The molecule has 2 atom stereocenters. The normalized spacial score (nSPS) is 24.4. The smallest absolute Gasteiger partial charge is 0.254 e. The monoisotopic (exact) mass is 351 g/mol. The van der Waals surface area contributed by atoms with Crippen molar-refractivity contribution in [3.63, 3.8) is 0 Å². The Hall–Kier alpha value is -2.56. The number of benzene rings is 1. The number of hydrogen-bond donors (Lipinski definition) is 0. The molecule has 0 saturated carbocycles. The topological polar surface area (TPSA) is 45.7 Å². The van der Waals surface area contributed by atoms with Gasteiger partial charge in [0.15, 0.2) is 0 Å². The molecular formula is C21H25N3O2. The number of anilines is 1. The summed E-state index contributed by atoms with van der Waals surface area (Å²) in [6, 6.07) is 14.1. The van der Waals surface area contributed by atoms with Crippen LogP contribution >= 0.6 is 0 Å². The minimum atomic E-state index is 0.138. The SMILES string of the molecule is CN(C)c1cccc(C(=O)N2C3CCC2CC(Oc2ccccn2)C3)c1. The van der Waals surface area contributed by atoms with Gasteiger partial charge in [0, 0.05) is 62.5 Å². The average molecular weight is 351 g/mol. The van der Waals surface area contributed by atoms with Crippen LogP contribution in [0.5, 0.6) is 5.88 Å². The Labute approximate surface area is 154 Å². The van der Waals surface area contributed by atoms with E-state index in [1.54, 1.807) is 6.20 Å². The van der Waals surface area contributed by atoms with Crippen LogP contribution in [-0.2, 0) is 0 Å². The highest BCUT2D eigenvalue weighted by Crippen LogP contribution is 2.38. The molecule has 0 N–H and O–H groups in total. The van der Waals surface area contributed by atoms with Gasteiger partial charge in [-0.15, -0.1) is 0 Å². The molecule has 0 aliphatic carbocycles. The number of carbonyl (C=O) groups is 1. The van der Waals surface area contributed by atoms with Gasteiger partial charge in [-0.25, -0.2) is 4.98 Å². The largest absolute Gasteiger partial charge is 0.474 e. The molecule has 26 heavy (non-hydrogen) atoms. The number of amides is 1. The van der Waals surface area contributed by atoms with Crippen LogP contribution < -0.4 is 9.64 Å². The third kappa shape index (κ3) is 3.26. The number of pyridine rings is 1. The second-order valence-corrected chi connectivity index (χ2v) is 7.42. The van der Waals surface area contributed by atoms with E-state index < -0.39 is 0 Å².